The van der Waals surface area contributed by atoms with Gasteiger partial charge < -0.3 is 5.32 Å². The Morgan fingerprint density at radius 1 is 1.36 bits per heavy atom. The summed E-state index contributed by atoms with van der Waals surface area (Å²) in [5.41, 5.74) is 1.65. The van der Waals surface area contributed by atoms with Crippen molar-refractivity contribution in [1.29, 1.82) is 0 Å². The zero-order valence-corrected chi connectivity index (χ0v) is 14.1. The highest BCUT2D eigenvalue weighted by atomic mass is 32.2. The number of nitrogens with zero attached hydrogens (tertiary/aromatic N) is 3. The minimum Gasteiger partial charge on any atom is -0.307 e. The van der Waals surface area contributed by atoms with Crippen LogP contribution in [-0.4, -0.2) is 41.7 Å². The molecule has 0 aliphatic carbocycles. The monoisotopic (exact) mass is 341 g/mol. The van der Waals surface area contributed by atoms with E-state index in [0.717, 1.165) is 16.4 Å². The van der Waals surface area contributed by atoms with Gasteiger partial charge in [-0.15, -0.1) is 11.3 Å². The van der Waals surface area contributed by atoms with Crippen LogP contribution in [0.2, 0.25) is 0 Å². The first-order valence-electron chi connectivity index (χ1n) is 6.91. The molecule has 0 aromatic carbocycles. The van der Waals surface area contributed by atoms with E-state index in [1.807, 2.05) is 12.3 Å². The summed E-state index contributed by atoms with van der Waals surface area (Å²) >= 11 is 1.51. The summed E-state index contributed by atoms with van der Waals surface area (Å²) in [7, 11) is -3.15. The van der Waals surface area contributed by atoms with E-state index in [-0.39, 0.29) is 11.8 Å². The van der Waals surface area contributed by atoms with Gasteiger partial charge >= 0.3 is 0 Å². The molecule has 0 aliphatic rings. The normalized spacial score (nSPS) is 13.2. The van der Waals surface area contributed by atoms with Crippen LogP contribution >= 0.6 is 11.3 Å². The van der Waals surface area contributed by atoms with Gasteiger partial charge in [0.1, 0.15) is 10.7 Å². The van der Waals surface area contributed by atoms with Crippen molar-refractivity contribution >= 4 is 21.4 Å². The maximum atomic E-state index is 11.4. The molecule has 0 saturated carbocycles. The average Bonchev–Trinajstić information content (AvgIpc) is 3.01. The van der Waals surface area contributed by atoms with Crippen LogP contribution in [0.5, 0.6) is 0 Å². The topological polar surface area (TPSA) is 96.9 Å². The molecule has 7 nitrogen and oxygen atoms in total. The fourth-order valence-electron chi connectivity index (χ4n) is 1.62. The van der Waals surface area contributed by atoms with Crippen LogP contribution in [0.4, 0.5) is 0 Å². The second-order valence-corrected chi connectivity index (χ2v) is 7.72. The summed E-state index contributed by atoms with van der Waals surface area (Å²) in [5.74, 6) is 0.0906. The van der Waals surface area contributed by atoms with Gasteiger partial charge in [0.15, 0.2) is 0 Å². The molecule has 0 fully saturated rings. The molecule has 2 aromatic heterocycles. The van der Waals surface area contributed by atoms with Gasteiger partial charge in [-0.2, -0.15) is 0 Å². The molecular formula is C13H19N5O2S2. The van der Waals surface area contributed by atoms with E-state index in [0.29, 0.717) is 13.1 Å². The third-order valence-corrected chi connectivity index (χ3v) is 5.24. The van der Waals surface area contributed by atoms with Crippen molar-refractivity contribution in [3.8, 4) is 10.7 Å². The number of hydrogen-bond acceptors (Lipinski definition) is 7. The quantitative estimate of drug-likeness (QED) is 0.744. The lowest BCUT2D eigenvalue weighted by atomic mass is 10.3. The molecule has 2 heterocycles. The summed E-state index contributed by atoms with van der Waals surface area (Å²) in [6.45, 7) is 4.47. The van der Waals surface area contributed by atoms with Gasteiger partial charge in [-0.3, -0.25) is 9.97 Å². The molecule has 9 heteroatoms. The largest absolute Gasteiger partial charge is 0.307 e. The minimum absolute atomic E-state index is 0.0167. The smallest absolute Gasteiger partial charge is 0.211 e. The third-order valence-electron chi connectivity index (χ3n) is 2.96. The van der Waals surface area contributed by atoms with Gasteiger partial charge in [0.2, 0.25) is 10.0 Å². The first-order chi connectivity index (χ1) is 10.5. The van der Waals surface area contributed by atoms with Gasteiger partial charge in [-0.25, -0.2) is 18.1 Å². The molecule has 2 rings (SSSR count). The number of sulfonamides is 1. The summed E-state index contributed by atoms with van der Waals surface area (Å²) < 4.78 is 25.3. The fraction of sp³-hybridized carbons (Fsp3) is 0.462. The Hall–Kier alpha value is -1.42. The number of hydrogen-bond donors (Lipinski definition) is 2. The SMILES string of the molecule is CCS(=O)(=O)NC[C@H](C)NCc1csc(-c2cnccn2)n1. The lowest BCUT2D eigenvalue weighted by Gasteiger charge is -2.13. The summed E-state index contributed by atoms with van der Waals surface area (Å²) in [6, 6.07) is 0.0167. The Labute approximate surface area is 134 Å². The lowest BCUT2D eigenvalue weighted by Crippen LogP contribution is -2.39. The second kappa shape index (κ2) is 7.73. The number of nitrogens with one attached hydrogen (secondary N) is 2. The van der Waals surface area contributed by atoms with E-state index in [2.05, 4.69) is 25.0 Å². The highest BCUT2D eigenvalue weighted by Crippen LogP contribution is 2.20. The molecule has 2 aromatic rings. The molecule has 0 amide bonds. The molecule has 0 radical (unpaired) electrons. The van der Waals surface area contributed by atoms with E-state index in [1.165, 1.54) is 11.3 Å². The molecule has 2 N–H and O–H groups in total. The van der Waals surface area contributed by atoms with Crippen molar-refractivity contribution < 1.29 is 8.42 Å². The fourth-order valence-corrected chi connectivity index (χ4v) is 3.11. The van der Waals surface area contributed by atoms with Crippen LogP contribution < -0.4 is 10.0 Å². The van der Waals surface area contributed by atoms with Crippen molar-refractivity contribution in [3.63, 3.8) is 0 Å². The van der Waals surface area contributed by atoms with Crippen LogP contribution in [0.15, 0.2) is 24.0 Å². The first-order valence-corrected chi connectivity index (χ1v) is 9.45. The number of rotatable bonds is 8. The first kappa shape index (κ1) is 16.9. The predicted molar refractivity (Wildman–Crippen MR) is 86.9 cm³/mol. The number of aromatic nitrogens is 3. The second-order valence-electron chi connectivity index (χ2n) is 4.77. The van der Waals surface area contributed by atoms with Crippen LogP contribution in [0.1, 0.15) is 19.5 Å². The molecular weight excluding hydrogens is 322 g/mol. The van der Waals surface area contributed by atoms with Crippen molar-refractivity contribution in [3.05, 3.63) is 29.7 Å². The Kier molecular flexibility index (Phi) is 5.95. The predicted octanol–water partition coefficient (Wildman–Crippen LogP) is 1.02. The van der Waals surface area contributed by atoms with Gasteiger partial charge in [0.25, 0.3) is 0 Å². The average molecular weight is 341 g/mol. The van der Waals surface area contributed by atoms with Crippen molar-refractivity contribution in [2.75, 3.05) is 12.3 Å². The van der Waals surface area contributed by atoms with E-state index in [9.17, 15) is 8.42 Å². The highest BCUT2D eigenvalue weighted by Gasteiger charge is 2.10. The molecule has 1 atom stereocenters. The zero-order chi connectivity index (χ0) is 16.0. The number of thiazole rings is 1. The van der Waals surface area contributed by atoms with Crippen LogP contribution in [0, 0.1) is 0 Å². The van der Waals surface area contributed by atoms with E-state index in [4.69, 9.17) is 0 Å². The van der Waals surface area contributed by atoms with E-state index < -0.39 is 10.0 Å². The Morgan fingerprint density at radius 2 is 2.18 bits per heavy atom. The third kappa shape index (κ3) is 5.09. The lowest BCUT2D eigenvalue weighted by molar-refractivity contribution is 0.522. The van der Waals surface area contributed by atoms with Crippen molar-refractivity contribution in [2.24, 2.45) is 0 Å². The van der Waals surface area contributed by atoms with Crippen molar-refractivity contribution in [2.45, 2.75) is 26.4 Å². The highest BCUT2D eigenvalue weighted by molar-refractivity contribution is 7.89. The Morgan fingerprint density at radius 3 is 2.86 bits per heavy atom. The molecule has 0 spiro atoms. The zero-order valence-electron chi connectivity index (χ0n) is 12.5. The van der Waals surface area contributed by atoms with Crippen LogP contribution in [0.3, 0.4) is 0 Å². The van der Waals surface area contributed by atoms with E-state index in [1.54, 1.807) is 25.5 Å². The molecule has 22 heavy (non-hydrogen) atoms. The van der Waals surface area contributed by atoms with Crippen molar-refractivity contribution in [1.82, 2.24) is 25.0 Å². The standard InChI is InChI=1S/C13H19N5O2S2/c1-3-22(19,20)17-6-10(2)16-7-11-9-21-13(18-11)12-8-14-4-5-15-12/h4-5,8-10,16-17H,3,6-7H2,1-2H3/t10-/m0/s1. The van der Waals surface area contributed by atoms with Gasteiger partial charge in [-0.05, 0) is 13.8 Å². The summed E-state index contributed by atoms with van der Waals surface area (Å²) in [5, 5.41) is 6.02. The Bertz CT molecular complexity index is 687. The van der Waals surface area contributed by atoms with Crippen LogP contribution in [0.25, 0.3) is 10.7 Å². The Balaban J connectivity index is 1.84. The van der Waals surface area contributed by atoms with Crippen LogP contribution in [-0.2, 0) is 16.6 Å². The molecule has 120 valence electrons. The maximum Gasteiger partial charge on any atom is 0.211 e. The van der Waals surface area contributed by atoms with E-state index >= 15 is 0 Å². The van der Waals surface area contributed by atoms with Gasteiger partial charge in [0.05, 0.1) is 17.6 Å². The molecule has 0 bridgehead atoms. The maximum absolute atomic E-state index is 11.4. The molecule has 0 aliphatic heterocycles. The summed E-state index contributed by atoms with van der Waals surface area (Å²) in [4.78, 5) is 12.7. The minimum atomic E-state index is -3.15. The van der Waals surface area contributed by atoms with Gasteiger partial charge in [0, 0.05) is 36.9 Å². The molecule has 0 unspecified atom stereocenters. The van der Waals surface area contributed by atoms with Gasteiger partial charge in [-0.1, -0.05) is 0 Å². The summed E-state index contributed by atoms with van der Waals surface area (Å²) in [6.07, 6.45) is 4.94. The molecule has 0 saturated heterocycles.